The van der Waals surface area contributed by atoms with Gasteiger partial charge < -0.3 is 10.2 Å². The molecule has 24 rings (SSSR count). The first-order chi connectivity index (χ1) is 65.8. The molecule has 0 aliphatic heterocycles. The number of nitrogens with zero attached hydrogens (tertiary/aromatic N) is 5. The van der Waals surface area contributed by atoms with Crippen LogP contribution in [0.25, 0.3) is 157 Å². The Balaban J connectivity index is 0.000000130. The molecular weight excluding hydrogens is 1700 g/mol. The van der Waals surface area contributed by atoms with E-state index in [1.807, 2.05) is 24.3 Å². The van der Waals surface area contributed by atoms with Crippen LogP contribution in [0.4, 0.5) is 28.4 Å². The first kappa shape index (κ1) is 84.7. The molecule has 0 bridgehead atoms. The van der Waals surface area contributed by atoms with Gasteiger partial charge in [0, 0.05) is 88.0 Å². The summed E-state index contributed by atoms with van der Waals surface area (Å²) >= 11 is 3.54. The van der Waals surface area contributed by atoms with Crippen LogP contribution in [0.3, 0.4) is 0 Å². The van der Waals surface area contributed by atoms with Crippen LogP contribution in [0.2, 0.25) is 0 Å². The van der Waals surface area contributed by atoms with Gasteiger partial charge in [-0.2, -0.15) is 0 Å². The fourth-order valence-electron chi connectivity index (χ4n) is 20.8. The summed E-state index contributed by atoms with van der Waals surface area (Å²) in [7, 11) is 0. The zero-order chi connectivity index (χ0) is 91.7. The van der Waals surface area contributed by atoms with E-state index in [0.717, 1.165) is 94.6 Å². The minimum atomic E-state index is -0.134. The maximum Gasteiger partial charge on any atom is 0.160 e. The Kier molecular flexibility index (Phi) is 21.8. The molecule has 7 heteroatoms. The zero-order valence-electron chi connectivity index (χ0n) is 76.8. The van der Waals surface area contributed by atoms with Crippen molar-refractivity contribution in [2.75, 3.05) is 10.2 Å². The van der Waals surface area contributed by atoms with Crippen molar-refractivity contribution in [2.45, 2.75) is 77.0 Å². The molecule has 135 heavy (non-hydrogen) atoms. The van der Waals surface area contributed by atoms with Crippen LogP contribution in [0.15, 0.2) is 453 Å². The standard InChI is InChI=1S/C64H49N3.C34H23BrN2.C30H27N/c1-63(2)56-21-13-11-19-52(56)54-37-35-50(39-58(54)63)67(51-36-38-55-53-20-12-14-22-57(53)64(3,4)59(55)40-51)49-33-31-47(32-34-49)61-41-60(46-27-23-44(24-28-46)42-15-7-5-8-16-42)65-62(66-61)48-29-25-45(26-30-48)43-17-9-6-10-18-43;35-31-21-19-29(20-22-31)33-23-32(28-15-11-26(12-16-28)24-7-3-1-4-8-24)36-34(37-33)30-17-13-27(14-18-30)25-9-5-2-6-10-25;1-29(2)25-11-7-5-9-21(25)23-15-13-19(17-27(23)29)31-20-14-16-24-22-10-6-8-12-26(22)30(3,4)28(24)18-20/h5-41H,1-4H3;1-23H;5-18,31H,1-4H3. The van der Waals surface area contributed by atoms with Crippen LogP contribution < -0.4 is 10.2 Å². The summed E-state index contributed by atoms with van der Waals surface area (Å²) in [6, 6.07) is 161. The molecular formula is C128H99BrN6. The predicted octanol–water partition coefficient (Wildman–Crippen LogP) is 34.5. The second-order valence-electron chi connectivity index (χ2n) is 37.9. The molecule has 0 unspecified atom stereocenters. The van der Waals surface area contributed by atoms with Crippen LogP contribution in [-0.4, -0.2) is 19.9 Å². The van der Waals surface area contributed by atoms with Crippen molar-refractivity contribution in [3.8, 4) is 157 Å². The Morgan fingerprint density at radius 3 is 0.696 bits per heavy atom. The molecule has 0 spiro atoms. The van der Waals surface area contributed by atoms with E-state index in [2.05, 4.69) is 506 Å². The van der Waals surface area contributed by atoms with Gasteiger partial charge in [-0.25, -0.2) is 19.9 Å². The van der Waals surface area contributed by atoms with Crippen LogP contribution in [0, 0.1) is 0 Å². The molecule has 6 nitrogen and oxygen atoms in total. The number of benzene rings is 18. The van der Waals surface area contributed by atoms with E-state index in [4.69, 9.17) is 19.9 Å². The molecule has 2 heterocycles. The third-order valence-corrected chi connectivity index (χ3v) is 28.7. The maximum absolute atomic E-state index is 5.28. The Morgan fingerprint density at radius 2 is 0.400 bits per heavy atom. The highest BCUT2D eigenvalue weighted by atomic mass is 79.9. The normalized spacial score (nSPS) is 13.5. The molecule has 1 N–H and O–H groups in total. The van der Waals surface area contributed by atoms with Gasteiger partial charge in [0.2, 0.25) is 0 Å². The average molecular weight is 1800 g/mol. The molecule has 18 aromatic carbocycles. The molecule has 4 aliphatic carbocycles. The van der Waals surface area contributed by atoms with Gasteiger partial charge >= 0.3 is 0 Å². The topological polar surface area (TPSA) is 66.8 Å². The first-order valence-electron chi connectivity index (χ1n) is 46.6. The highest BCUT2D eigenvalue weighted by Gasteiger charge is 2.40. The summed E-state index contributed by atoms with van der Waals surface area (Å²) in [6.07, 6.45) is 0. The molecule has 0 radical (unpaired) electrons. The number of fused-ring (bicyclic) bond motifs is 12. The van der Waals surface area contributed by atoms with E-state index < -0.39 is 0 Å². The van der Waals surface area contributed by atoms with Gasteiger partial charge in [0.1, 0.15) is 0 Å². The fraction of sp³-hybridized carbons (Fsp3) is 0.0938. The lowest BCUT2D eigenvalue weighted by Gasteiger charge is -2.30. The van der Waals surface area contributed by atoms with E-state index in [1.165, 1.54) is 128 Å². The van der Waals surface area contributed by atoms with Gasteiger partial charge in [-0.1, -0.05) is 435 Å². The summed E-state index contributed by atoms with van der Waals surface area (Å²) < 4.78 is 1.04. The molecule has 4 aliphatic rings. The highest BCUT2D eigenvalue weighted by Crippen LogP contribution is 2.56. The van der Waals surface area contributed by atoms with Crippen LogP contribution >= 0.6 is 15.9 Å². The molecule has 2 aromatic heterocycles. The average Bonchev–Trinajstić information content (AvgIpc) is 1.61. The molecule has 0 fully saturated rings. The van der Waals surface area contributed by atoms with Crippen LogP contribution in [-0.2, 0) is 21.7 Å². The lowest BCUT2D eigenvalue weighted by molar-refractivity contribution is 0.660. The lowest BCUT2D eigenvalue weighted by atomic mass is 9.82. The van der Waals surface area contributed by atoms with Gasteiger partial charge in [0.05, 0.1) is 22.8 Å². The van der Waals surface area contributed by atoms with Crippen molar-refractivity contribution in [1.82, 2.24) is 19.9 Å². The summed E-state index contributed by atoms with van der Waals surface area (Å²) in [5.74, 6) is 1.40. The van der Waals surface area contributed by atoms with Crippen molar-refractivity contribution in [3.05, 3.63) is 498 Å². The van der Waals surface area contributed by atoms with Gasteiger partial charge in [-0.15, -0.1) is 0 Å². The summed E-state index contributed by atoms with van der Waals surface area (Å²) in [6.45, 7) is 18.7. The van der Waals surface area contributed by atoms with Crippen molar-refractivity contribution in [3.63, 3.8) is 0 Å². The number of anilines is 5. The second kappa shape index (κ2) is 34.7. The van der Waals surface area contributed by atoms with Crippen molar-refractivity contribution in [1.29, 1.82) is 0 Å². The Morgan fingerprint density at radius 1 is 0.185 bits per heavy atom. The van der Waals surface area contributed by atoms with E-state index >= 15 is 0 Å². The Labute approximate surface area is 800 Å². The van der Waals surface area contributed by atoms with Gasteiger partial charge in [0.15, 0.2) is 11.6 Å². The summed E-state index contributed by atoms with van der Waals surface area (Å²) in [5.41, 5.74) is 46.3. The first-order valence-corrected chi connectivity index (χ1v) is 47.4. The summed E-state index contributed by atoms with van der Waals surface area (Å²) in [5, 5.41) is 3.69. The third-order valence-electron chi connectivity index (χ3n) is 28.2. The fourth-order valence-corrected chi connectivity index (χ4v) is 21.1. The Hall–Kier alpha value is -15.8. The Bertz CT molecular complexity index is 7450. The van der Waals surface area contributed by atoms with E-state index in [0.29, 0.717) is 11.6 Å². The summed E-state index contributed by atoms with van der Waals surface area (Å²) in [4.78, 5) is 22.9. The van der Waals surface area contributed by atoms with Gasteiger partial charge in [-0.05, 0) is 218 Å². The lowest BCUT2D eigenvalue weighted by Crippen LogP contribution is -2.18. The number of nitrogens with one attached hydrogen (secondary N) is 1. The van der Waals surface area contributed by atoms with Crippen LogP contribution in [0.5, 0.6) is 0 Å². The van der Waals surface area contributed by atoms with Crippen LogP contribution in [0.1, 0.15) is 99.9 Å². The van der Waals surface area contributed by atoms with E-state index in [1.54, 1.807) is 0 Å². The largest absolute Gasteiger partial charge is 0.356 e. The van der Waals surface area contributed by atoms with Gasteiger partial charge in [-0.3, -0.25) is 0 Å². The smallest absolute Gasteiger partial charge is 0.160 e. The zero-order valence-corrected chi connectivity index (χ0v) is 78.4. The molecule has 0 saturated carbocycles. The molecule has 0 saturated heterocycles. The maximum atomic E-state index is 5.28. The molecule has 20 aromatic rings. The highest BCUT2D eigenvalue weighted by molar-refractivity contribution is 9.10. The minimum absolute atomic E-state index is 0.0190. The third kappa shape index (κ3) is 16.0. The minimum Gasteiger partial charge on any atom is -0.356 e. The van der Waals surface area contributed by atoms with E-state index in [-0.39, 0.29) is 21.7 Å². The number of rotatable bonds is 15. The SMILES string of the molecule is Brc1ccc(-c2cc(-c3ccc(-c4ccccc4)cc3)nc(-c3ccc(-c4ccccc4)cc3)n2)cc1.CC1(C)c2ccccc2-c2ccc(N(c3ccc(-c4cc(-c5ccc(-c6ccccc6)cc5)nc(-c5ccc(-c6ccccc6)cc5)n4)cc3)c3ccc4c(c3)C(C)(C)c3ccccc3-4)cc21.CC1(C)c2ccccc2-c2ccc(Nc3ccc4c(c3)C(C)(C)c3ccccc3-4)cc21. The number of hydrogen-bond donors (Lipinski definition) is 1. The van der Waals surface area contributed by atoms with E-state index in [9.17, 15) is 0 Å². The monoisotopic (exact) mass is 1800 g/mol. The number of halogens is 1. The van der Waals surface area contributed by atoms with Gasteiger partial charge in [0.25, 0.3) is 0 Å². The second-order valence-corrected chi connectivity index (χ2v) is 38.8. The van der Waals surface area contributed by atoms with Crippen molar-refractivity contribution in [2.24, 2.45) is 0 Å². The molecule has 648 valence electrons. The predicted molar refractivity (Wildman–Crippen MR) is 567 cm³/mol. The molecule has 0 amide bonds. The van der Waals surface area contributed by atoms with Crippen molar-refractivity contribution >= 4 is 44.4 Å². The number of hydrogen-bond acceptors (Lipinski definition) is 6. The quantitative estimate of drug-likeness (QED) is 0.110. The number of aromatic nitrogens is 4. The van der Waals surface area contributed by atoms with Crippen molar-refractivity contribution < 1.29 is 0 Å². The molecule has 0 atom stereocenters.